The summed E-state index contributed by atoms with van der Waals surface area (Å²) in [6.07, 6.45) is 2.97. The Bertz CT molecular complexity index is 1350. The molecule has 0 N–H and O–H groups in total. The van der Waals surface area contributed by atoms with Crippen LogP contribution in [0.25, 0.3) is 5.82 Å². The van der Waals surface area contributed by atoms with Crippen LogP contribution in [-0.2, 0) is 6.54 Å². The predicted molar refractivity (Wildman–Crippen MR) is 119 cm³/mol. The summed E-state index contributed by atoms with van der Waals surface area (Å²) in [6, 6.07) is 12.3. The highest BCUT2D eigenvalue weighted by molar-refractivity contribution is 5.92. The first-order chi connectivity index (χ1) is 16.6. The fourth-order valence-corrected chi connectivity index (χ4v) is 3.72. The van der Waals surface area contributed by atoms with Gasteiger partial charge >= 0.3 is 0 Å². The maximum Gasteiger partial charge on any atom is 0.274 e. The number of carbonyl (C=O) groups excluding carboxylic acids is 1. The van der Waals surface area contributed by atoms with Gasteiger partial charge in [-0.25, -0.2) is 18.7 Å². The fraction of sp³-hybridized carbons (Fsp3) is 0.227. The van der Waals surface area contributed by atoms with Crippen LogP contribution in [0.1, 0.15) is 16.1 Å². The number of rotatable bonds is 5. The molecule has 11 nitrogen and oxygen atoms in total. The third-order valence-electron chi connectivity index (χ3n) is 5.49. The van der Waals surface area contributed by atoms with Crippen molar-refractivity contribution in [2.75, 3.05) is 31.1 Å². The number of carbonyl (C=O) groups is 1. The Balaban J connectivity index is 1.24. The van der Waals surface area contributed by atoms with Gasteiger partial charge in [0, 0.05) is 32.2 Å². The van der Waals surface area contributed by atoms with E-state index in [1.807, 2.05) is 11.0 Å². The molecule has 0 saturated carbocycles. The van der Waals surface area contributed by atoms with Gasteiger partial charge in [0.05, 0.1) is 6.54 Å². The molecule has 1 fully saturated rings. The van der Waals surface area contributed by atoms with Crippen molar-refractivity contribution in [1.82, 2.24) is 39.6 Å². The lowest BCUT2D eigenvalue weighted by Gasteiger charge is -2.35. The molecule has 1 aromatic carbocycles. The second-order valence-electron chi connectivity index (χ2n) is 7.71. The molecule has 1 aliphatic heterocycles. The predicted octanol–water partition coefficient (Wildman–Crippen LogP) is 0.764. The van der Waals surface area contributed by atoms with E-state index in [9.17, 15) is 14.0 Å². The number of halogens is 1. The van der Waals surface area contributed by atoms with Gasteiger partial charge in [0.2, 0.25) is 0 Å². The monoisotopic (exact) mass is 461 g/mol. The number of nitrogens with zero attached hydrogens (tertiary/aromatic N) is 9. The van der Waals surface area contributed by atoms with E-state index in [-0.39, 0.29) is 23.7 Å². The summed E-state index contributed by atoms with van der Waals surface area (Å²) in [7, 11) is 0. The third kappa shape index (κ3) is 4.51. The van der Waals surface area contributed by atoms with Gasteiger partial charge < -0.3 is 9.80 Å². The summed E-state index contributed by atoms with van der Waals surface area (Å²) in [4.78, 5) is 32.8. The molecule has 12 heteroatoms. The summed E-state index contributed by atoms with van der Waals surface area (Å²) in [6.45, 7) is 2.17. The maximum atomic E-state index is 13.5. The summed E-state index contributed by atoms with van der Waals surface area (Å²) in [5, 5.41) is 16.7. The van der Waals surface area contributed by atoms with Crippen LogP contribution in [0.3, 0.4) is 0 Å². The zero-order chi connectivity index (χ0) is 23.5. The van der Waals surface area contributed by atoms with Crippen molar-refractivity contribution in [3.8, 4) is 5.82 Å². The van der Waals surface area contributed by atoms with Crippen LogP contribution in [0.2, 0.25) is 0 Å². The Hall–Kier alpha value is -4.48. The first-order valence-corrected chi connectivity index (χ1v) is 10.6. The summed E-state index contributed by atoms with van der Waals surface area (Å²) in [5.74, 6) is 0.612. The van der Waals surface area contributed by atoms with Crippen molar-refractivity contribution in [2.24, 2.45) is 0 Å². The molecule has 1 amide bonds. The van der Waals surface area contributed by atoms with Gasteiger partial charge in [-0.05, 0) is 35.9 Å². The minimum Gasteiger partial charge on any atom is -0.352 e. The van der Waals surface area contributed by atoms with Gasteiger partial charge in [-0.15, -0.1) is 10.2 Å². The Morgan fingerprint density at radius 1 is 0.971 bits per heavy atom. The largest absolute Gasteiger partial charge is 0.352 e. The SMILES string of the molecule is O=C(c1ccc(=O)n(Cc2cccc(F)c2)n1)N1CCN(c2ccc(-n3cncn3)nn2)CC1. The number of amides is 1. The molecule has 1 aliphatic rings. The number of benzene rings is 1. The highest BCUT2D eigenvalue weighted by atomic mass is 19.1. The van der Waals surface area contributed by atoms with E-state index in [0.717, 1.165) is 0 Å². The molecular formula is C22H20FN9O2. The Labute approximate surface area is 193 Å². The van der Waals surface area contributed by atoms with Crippen LogP contribution >= 0.6 is 0 Å². The van der Waals surface area contributed by atoms with E-state index >= 15 is 0 Å². The molecule has 0 radical (unpaired) electrons. The highest BCUT2D eigenvalue weighted by Gasteiger charge is 2.24. The quantitative estimate of drug-likeness (QED) is 0.428. The molecule has 1 saturated heterocycles. The van der Waals surface area contributed by atoms with Crippen LogP contribution in [-0.4, -0.2) is 71.7 Å². The van der Waals surface area contributed by atoms with Crippen molar-refractivity contribution in [1.29, 1.82) is 0 Å². The van der Waals surface area contributed by atoms with Gasteiger partial charge in [0.1, 0.15) is 24.2 Å². The van der Waals surface area contributed by atoms with E-state index in [4.69, 9.17) is 0 Å². The van der Waals surface area contributed by atoms with Crippen molar-refractivity contribution in [3.05, 3.63) is 88.6 Å². The van der Waals surface area contributed by atoms with Gasteiger partial charge in [-0.1, -0.05) is 12.1 Å². The topological polar surface area (TPSA) is 115 Å². The third-order valence-corrected chi connectivity index (χ3v) is 5.49. The Morgan fingerprint density at radius 3 is 2.47 bits per heavy atom. The van der Waals surface area contributed by atoms with E-state index < -0.39 is 5.82 Å². The van der Waals surface area contributed by atoms with Gasteiger partial charge in [0.25, 0.3) is 11.5 Å². The molecule has 0 atom stereocenters. The fourth-order valence-electron chi connectivity index (χ4n) is 3.72. The molecule has 0 aliphatic carbocycles. The lowest BCUT2D eigenvalue weighted by molar-refractivity contribution is 0.0737. The molecule has 5 rings (SSSR count). The lowest BCUT2D eigenvalue weighted by atomic mass is 10.2. The molecule has 4 aromatic rings. The number of hydrogen-bond acceptors (Lipinski definition) is 8. The molecule has 172 valence electrons. The average Bonchev–Trinajstić information content (AvgIpc) is 3.40. The number of hydrogen-bond donors (Lipinski definition) is 0. The molecule has 3 aromatic heterocycles. The van der Waals surface area contributed by atoms with Gasteiger partial charge in [-0.2, -0.15) is 10.2 Å². The summed E-state index contributed by atoms with van der Waals surface area (Å²) < 4.78 is 16.2. The smallest absolute Gasteiger partial charge is 0.274 e. The second kappa shape index (κ2) is 9.17. The lowest BCUT2D eigenvalue weighted by Crippen LogP contribution is -2.49. The average molecular weight is 461 g/mol. The zero-order valence-corrected chi connectivity index (χ0v) is 18.0. The minimum absolute atomic E-state index is 0.0781. The summed E-state index contributed by atoms with van der Waals surface area (Å²) in [5.41, 5.74) is 0.392. The number of anilines is 1. The molecule has 0 spiro atoms. The number of piperazine rings is 1. The highest BCUT2D eigenvalue weighted by Crippen LogP contribution is 2.15. The molecule has 34 heavy (non-hydrogen) atoms. The Kier molecular flexibility index (Phi) is 5.77. The molecular weight excluding hydrogens is 441 g/mol. The van der Waals surface area contributed by atoms with E-state index in [1.165, 1.54) is 40.0 Å². The number of aromatic nitrogens is 7. The summed E-state index contributed by atoms with van der Waals surface area (Å²) >= 11 is 0. The van der Waals surface area contributed by atoms with Crippen molar-refractivity contribution >= 4 is 11.7 Å². The maximum absolute atomic E-state index is 13.5. The molecule has 0 unspecified atom stereocenters. The van der Waals surface area contributed by atoms with Crippen molar-refractivity contribution in [2.45, 2.75) is 6.54 Å². The van der Waals surface area contributed by atoms with Crippen LogP contribution in [0.4, 0.5) is 10.2 Å². The Morgan fingerprint density at radius 2 is 1.76 bits per heavy atom. The van der Waals surface area contributed by atoms with Crippen LogP contribution in [0, 0.1) is 5.82 Å². The van der Waals surface area contributed by atoms with Crippen molar-refractivity contribution in [3.63, 3.8) is 0 Å². The van der Waals surface area contributed by atoms with E-state index in [2.05, 4.69) is 25.4 Å². The van der Waals surface area contributed by atoms with Gasteiger partial charge in [0.15, 0.2) is 11.6 Å². The van der Waals surface area contributed by atoms with E-state index in [1.54, 1.807) is 29.4 Å². The standard InChI is InChI=1S/C22H20FN9O2/c23-17-3-1-2-16(12-17)13-31-21(33)7-4-18(28-31)22(34)30-10-8-29(9-11-30)19-5-6-20(27-26-19)32-15-24-14-25-32/h1-7,12,14-15H,8-11,13H2. The van der Waals surface area contributed by atoms with Crippen molar-refractivity contribution < 1.29 is 9.18 Å². The second-order valence-corrected chi connectivity index (χ2v) is 7.71. The van der Waals surface area contributed by atoms with Gasteiger partial charge in [-0.3, -0.25) is 9.59 Å². The minimum atomic E-state index is -0.395. The first-order valence-electron chi connectivity index (χ1n) is 10.6. The first kappa shape index (κ1) is 21.4. The zero-order valence-electron chi connectivity index (χ0n) is 18.0. The normalized spacial score (nSPS) is 13.8. The molecule has 0 bridgehead atoms. The van der Waals surface area contributed by atoms with Crippen LogP contribution < -0.4 is 10.5 Å². The van der Waals surface area contributed by atoms with E-state index in [0.29, 0.717) is 43.4 Å². The van der Waals surface area contributed by atoms with Crippen LogP contribution in [0.15, 0.2) is 66.0 Å². The van der Waals surface area contributed by atoms with Crippen LogP contribution in [0.5, 0.6) is 0 Å². The molecule has 4 heterocycles.